The van der Waals surface area contributed by atoms with Gasteiger partial charge in [-0.1, -0.05) is 19.9 Å². The molecule has 0 fully saturated rings. The van der Waals surface area contributed by atoms with Gasteiger partial charge < -0.3 is 0 Å². The molecule has 1 nitrogen and oxygen atoms in total. The standard InChI is InChI=1S/C13H13Br2N/c1-3-8(2)9-4-5-12-10(6-9)13(15)11(14)7-16-12/h4-8H,3H2,1-2H3. The van der Waals surface area contributed by atoms with E-state index in [1.165, 1.54) is 10.9 Å². The second-order valence-corrected chi connectivity index (χ2v) is 5.65. The van der Waals surface area contributed by atoms with E-state index >= 15 is 0 Å². The number of halogens is 2. The maximum Gasteiger partial charge on any atom is 0.0714 e. The Morgan fingerprint density at radius 1 is 1.31 bits per heavy atom. The number of benzene rings is 1. The normalized spacial score (nSPS) is 13.0. The molecule has 1 atom stereocenters. The monoisotopic (exact) mass is 341 g/mol. The average Bonchev–Trinajstić information content (AvgIpc) is 2.32. The van der Waals surface area contributed by atoms with Crippen LogP contribution in [0.3, 0.4) is 0 Å². The van der Waals surface area contributed by atoms with E-state index in [0.29, 0.717) is 5.92 Å². The van der Waals surface area contributed by atoms with Crippen molar-refractivity contribution in [2.24, 2.45) is 0 Å². The van der Waals surface area contributed by atoms with Crippen molar-refractivity contribution in [3.05, 3.63) is 38.9 Å². The molecule has 1 heterocycles. The van der Waals surface area contributed by atoms with Gasteiger partial charge in [-0.15, -0.1) is 0 Å². The number of aromatic nitrogens is 1. The van der Waals surface area contributed by atoms with Gasteiger partial charge in [0.1, 0.15) is 0 Å². The Bertz CT molecular complexity index is 523. The van der Waals surface area contributed by atoms with Gasteiger partial charge in [-0.2, -0.15) is 0 Å². The third-order valence-corrected chi connectivity index (χ3v) is 4.95. The minimum atomic E-state index is 0.593. The highest BCUT2D eigenvalue weighted by Crippen LogP contribution is 2.32. The summed E-state index contributed by atoms with van der Waals surface area (Å²) in [6.45, 7) is 4.46. The van der Waals surface area contributed by atoms with E-state index in [1.54, 1.807) is 0 Å². The summed E-state index contributed by atoms with van der Waals surface area (Å²) in [5.74, 6) is 0.593. The average molecular weight is 343 g/mol. The zero-order chi connectivity index (χ0) is 11.7. The number of fused-ring (bicyclic) bond motifs is 1. The molecule has 3 heteroatoms. The Balaban J connectivity index is 2.64. The summed E-state index contributed by atoms with van der Waals surface area (Å²) in [4.78, 5) is 4.39. The molecular weight excluding hydrogens is 330 g/mol. The fraction of sp³-hybridized carbons (Fsp3) is 0.308. The van der Waals surface area contributed by atoms with Crippen LogP contribution in [0.4, 0.5) is 0 Å². The van der Waals surface area contributed by atoms with Gasteiger partial charge in [0.25, 0.3) is 0 Å². The van der Waals surface area contributed by atoms with Gasteiger partial charge >= 0.3 is 0 Å². The van der Waals surface area contributed by atoms with Gasteiger partial charge in [-0.25, -0.2) is 0 Å². The largest absolute Gasteiger partial charge is 0.255 e. The number of hydrogen-bond acceptors (Lipinski definition) is 1. The van der Waals surface area contributed by atoms with Crippen LogP contribution in [0.5, 0.6) is 0 Å². The first-order chi connectivity index (χ1) is 7.63. The van der Waals surface area contributed by atoms with Crippen LogP contribution in [0.15, 0.2) is 33.3 Å². The lowest BCUT2D eigenvalue weighted by molar-refractivity contribution is 0.734. The Hall–Kier alpha value is -0.410. The summed E-state index contributed by atoms with van der Waals surface area (Å²) < 4.78 is 2.09. The van der Waals surface area contributed by atoms with E-state index in [-0.39, 0.29) is 0 Å². The van der Waals surface area contributed by atoms with Crippen molar-refractivity contribution in [3.63, 3.8) is 0 Å². The number of hydrogen-bond donors (Lipinski definition) is 0. The van der Waals surface area contributed by atoms with Crippen LogP contribution in [0.2, 0.25) is 0 Å². The van der Waals surface area contributed by atoms with Crippen LogP contribution in [0.25, 0.3) is 10.9 Å². The summed E-state index contributed by atoms with van der Waals surface area (Å²) >= 11 is 7.08. The summed E-state index contributed by atoms with van der Waals surface area (Å²) in [7, 11) is 0. The van der Waals surface area contributed by atoms with Crippen molar-refractivity contribution >= 4 is 42.8 Å². The number of nitrogens with zero attached hydrogens (tertiary/aromatic N) is 1. The second-order valence-electron chi connectivity index (χ2n) is 4.01. The van der Waals surface area contributed by atoms with Crippen LogP contribution < -0.4 is 0 Å². The Morgan fingerprint density at radius 3 is 2.75 bits per heavy atom. The first-order valence-electron chi connectivity index (χ1n) is 5.37. The lowest BCUT2D eigenvalue weighted by Crippen LogP contribution is -1.92. The maximum absolute atomic E-state index is 4.39. The molecule has 0 spiro atoms. The highest BCUT2D eigenvalue weighted by atomic mass is 79.9. The van der Waals surface area contributed by atoms with Gasteiger partial charge in [0, 0.05) is 16.1 Å². The first-order valence-corrected chi connectivity index (χ1v) is 6.95. The van der Waals surface area contributed by atoms with Crippen molar-refractivity contribution < 1.29 is 0 Å². The third kappa shape index (κ3) is 2.16. The summed E-state index contributed by atoms with van der Waals surface area (Å²) in [6, 6.07) is 6.49. The molecule has 0 bridgehead atoms. The highest BCUT2D eigenvalue weighted by molar-refractivity contribution is 9.13. The highest BCUT2D eigenvalue weighted by Gasteiger charge is 2.08. The van der Waals surface area contributed by atoms with E-state index in [9.17, 15) is 0 Å². The van der Waals surface area contributed by atoms with Crippen LogP contribution in [0.1, 0.15) is 31.7 Å². The Kier molecular flexibility index (Phi) is 3.65. The third-order valence-electron chi connectivity index (χ3n) is 2.97. The van der Waals surface area contributed by atoms with E-state index in [2.05, 4.69) is 68.9 Å². The van der Waals surface area contributed by atoms with Crippen molar-refractivity contribution in [1.82, 2.24) is 4.98 Å². The summed E-state index contributed by atoms with van der Waals surface area (Å²) in [6.07, 6.45) is 2.99. The molecule has 1 unspecified atom stereocenters. The zero-order valence-corrected chi connectivity index (χ0v) is 12.5. The van der Waals surface area contributed by atoms with E-state index < -0.39 is 0 Å². The molecule has 0 aliphatic rings. The minimum Gasteiger partial charge on any atom is -0.255 e. The van der Waals surface area contributed by atoms with Crippen LogP contribution in [-0.2, 0) is 0 Å². The van der Waals surface area contributed by atoms with Crippen LogP contribution >= 0.6 is 31.9 Å². The first kappa shape index (κ1) is 12.1. The van der Waals surface area contributed by atoms with Crippen LogP contribution in [-0.4, -0.2) is 4.98 Å². The van der Waals surface area contributed by atoms with Crippen molar-refractivity contribution in [2.75, 3.05) is 0 Å². The molecule has 2 rings (SSSR count). The van der Waals surface area contributed by atoms with E-state index in [4.69, 9.17) is 0 Å². The fourth-order valence-electron chi connectivity index (χ4n) is 1.70. The fourth-order valence-corrected chi connectivity index (χ4v) is 2.43. The van der Waals surface area contributed by atoms with Crippen molar-refractivity contribution in [3.8, 4) is 0 Å². The molecule has 84 valence electrons. The predicted octanol–water partition coefficient (Wildman–Crippen LogP) is 5.27. The molecule has 0 amide bonds. The molecule has 16 heavy (non-hydrogen) atoms. The molecule has 1 aromatic carbocycles. The molecule has 0 aliphatic heterocycles. The van der Waals surface area contributed by atoms with Gasteiger partial charge in [0.15, 0.2) is 0 Å². The molecule has 0 N–H and O–H groups in total. The zero-order valence-electron chi connectivity index (χ0n) is 9.30. The second kappa shape index (κ2) is 4.84. The van der Waals surface area contributed by atoms with E-state index in [0.717, 1.165) is 20.9 Å². The molecule has 2 aromatic rings. The maximum atomic E-state index is 4.39. The van der Waals surface area contributed by atoms with Gasteiger partial charge in [0.05, 0.1) is 9.99 Å². The molecular formula is C13H13Br2N. The smallest absolute Gasteiger partial charge is 0.0714 e. The van der Waals surface area contributed by atoms with Crippen molar-refractivity contribution in [2.45, 2.75) is 26.2 Å². The molecule has 1 aromatic heterocycles. The lowest BCUT2D eigenvalue weighted by Gasteiger charge is -2.10. The lowest BCUT2D eigenvalue weighted by atomic mass is 9.97. The quantitative estimate of drug-likeness (QED) is 0.724. The van der Waals surface area contributed by atoms with Crippen molar-refractivity contribution in [1.29, 1.82) is 0 Å². The van der Waals surface area contributed by atoms with Crippen LogP contribution in [0, 0.1) is 0 Å². The topological polar surface area (TPSA) is 12.9 Å². The Morgan fingerprint density at radius 2 is 2.06 bits per heavy atom. The molecule has 0 saturated heterocycles. The van der Waals surface area contributed by atoms with Gasteiger partial charge in [-0.3, -0.25) is 4.98 Å². The summed E-state index contributed by atoms with van der Waals surface area (Å²) in [5.41, 5.74) is 2.40. The van der Waals surface area contributed by atoms with Gasteiger partial charge in [0.2, 0.25) is 0 Å². The Labute approximate surface area is 113 Å². The predicted molar refractivity (Wildman–Crippen MR) is 75.8 cm³/mol. The van der Waals surface area contributed by atoms with E-state index in [1.807, 2.05) is 6.20 Å². The summed E-state index contributed by atoms with van der Waals surface area (Å²) in [5, 5.41) is 1.17. The SMILES string of the molecule is CCC(C)c1ccc2ncc(Br)c(Br)c2c1. The molecule has 0 aliphatic carbocycles. The molecule has 0 saturated carbocycles. The minimum absolute atomic E-state index is 0.593. The van der Waals surface area contributed by atoms with Gasteiger partial charge in [-0.05, 0) is 61.9 Å². The molecule has 0 radical (unpaired) electrons. The number of rotatable bonds is 2. The number of pyridine rings is 1.